The van der Waals surface area contributed by atoms with E-state index in [2.05, 4.69) is 10.1 Å². The van der Waals surface area contributed by atoms with E-state index in [1.165, 1.54) is 0 Å². The Hall–Kier alpha value is -2.45. The minimum absolute atomic E-state index is 0.0438. The summed E-state index contributed by atoms with van der Waals surface area (Å²) < 4.78 is 5.21. The second-order valence-corrected chi connectivity index (χ2v) is 7.03. The molecule has 0 unspecified atom stereocenters. The Balaban J connectivity index is 1.46. The van der Waals surface area contributed by atoms with Gasteiger partial charge in [-0.15, -0.1) is 0 Å². The van der Waals surface area contributed by atoms with Gasteiger partial charge >= 0.3 is 5.97 Å². The molecule has 1 fully saturated rings. The van der Waals surface area contributed by atoms with E-state index in [1.807, 2.05) is 0 Å². The SMILES string of the molecule is O=C(CCCc1nc(-c2ccc(Cl)cc2)no1)N1CCC(O)(C(=O)O)CC1. The smallest absolute Gasteiger partial charge is 0.335 e. The topological polar surface area (TPSA) is 117 Å². The van der Waals surface area contributed by atoms with Gasteiger partial charge < -0.3 is 19.6 Å². The Labute approximate surface area is 160 Å². The minimum Gasteiger partial charge on any atom is -0.479 e. The highest BCUT2D eigenvalue weighted by Gasteiger charge is 2.40. The van der Waals surface area contributed by atoms with E-state index in [9.17, 15) is 14.7 Å². The summed E-state index contributed by atoms with van der Waals surface area (Å²) in [6, 6.07) is 7.09. The lowest BCUT2D eigenvalue weighted by molar-refractivity contribution is -0.165. The first-order valence-electron chi connectivity index (χ1n) is 8.69. The number of aromatic nitrogens is 2. The monoisotopic (exact) mass is 393 g/mol. The standard InChI is InChI=1S/C18H20ClN3O5/c19-13-6-4-12(5-7-13)16-20-14(27-21-16)2-1-3-15(23)22-10-8-18(26,9-11-22)17(24)25/h4-7,26H,1-3,8-11H2,(H,24,25). The molecule has 2 aromatic rings. The maximum atomic E-state index is 12.2. The zero-order chi connectivity index (χ0) is 19.4. The third kappa shape index (κ3) is 4.64. The van der Waals surface area contributed by atoms with Gasteiger partial charge in [-0.2, -0.15) is 4.98 Å². The molecule has 1 aliphatic heterocycles. The average Bonchev–Trinajstić information content (AvgIpc) is 3.11. The third-order valence-electron chi connectivity index (χ3n) is 4.69. The number of nitrogens with zero attached hydrogens (tertiary/aromatic N) is 3. The molecule has 2 heterocycles. The Kier molecular flexibility index (Phi) is 5.76. The molecule has 0 aliphatic carbocycles. The van der Waals surface area contributed by atoms with E-state index < -0.39 is 11.6 Å². The van der Waals surface area contributed by atoms with Gasteiger partial charge in [-0.1, -0.05) is 16.8 Å². The van der Waals surface area contributed by atoms with Crippen LogP contribution in [0.5, 0.6) is 0 Å². The summed E-state index contributed by atoms with van der Waals surface area (Å²) in [6.07, 6.45) is 1.40. The van der Waals surface area contributed by atoms with Gasteiger partial charge in [0, 0.05) is 49.4 Å². The first-order chi connectivity index (χ1) is 12.9. The molecule has 0 atom stereocenters. The Morgan fingerprint density at radius 1 is 1.22 bits per heavy atom. The molecule has 27 heavy (non-hydrogen) atoms. The molecule has 1 aliphatic rings. The molecule has 0 bridgehead atoms. The predicted molar refractivity (Wildman–Crippen MR) is 96.1 cm³/mol. The fourth-order valence-electron chi connectivity index (χ4n) is 2.96. The number of carboxylic acid groups (broad SMARTS) is 1. The molecule has 1 aromatic carbocycles. The van der Waals surface area contributed by atoms with Gasteiger partial charge in [0.2, 0.25) is 17.6 Å². The van der Waals surface area contributed by atoms with Gasteiger partial charge in [-0.05, 0) is 30.7 Å². The molecule has 3 rings (SSSR count). The van der Waals surface area contributed by atoms with Gasteiger partial charge in [-0.3, -0.25) is 4.79 Å². The van der Waals surface area contributed by atoms with Crippen LogP contribution in [0.15, 0.2) is 28.8 Å². The largest absolute Gasteiger partial charge is 0.479 e. The highest BCUT2D eigenvalue weighted by molar-refractivity contribution is 6.30. The van der Waals surface area contributed by atoms with Crippen molar-refractivity contribution < 1.29 is 24.3 Å². The summed E-state index contributed by atoms with van der Waals surface area (Å²) in [5.41, 5.74) is -0.928. The van der Waals surface area contributed by atoms with Crippen LogP contribution in [0.4, 0.5) is 0 Å². The van der Waals surface area contributed by atoms with Crippen molar-refractivity contribution in [1.29, 1.82) is 0 Å². The molecule has 0 radical (unpaired) electrons. The first-order valence-corrected chi connectivity index (χ1v) is 9.07. The summed E-state index contributed by atoms with van der Waals surface area (Å²) >= 11 is 5.85. The number of piperidine rings is 1. The number of carbonyl (C=O) groups is 2. The summed E-state index contributed by atoms with van der Waals surface area (Å²) in [6.45, 7) is 0.478. The molecular formula is C18H20ClN3O5. The van der Waals surface area contributed by atoms with Crippen molar-refractivity contribution in [2.45, 2.75) is 37.7 Å². The van der Waals surface area contributed by atoms with Crippen LogP contribution in [0, 0.1) is 0 Å². The van der Waals surface area contributed by atoms with Crippen molar-refractivity contribution >= 4 is 23.5 Å². The van der Waals surface area contributed by atoms with Gasteiger partial charge in [0.1, 0.15) is 0 Å². The van der Waals surface area contributed by atoms with E-state index >= 15 is 0 Å². The predicted octanol–water partition coefficient (Wildman–Crippen LogP) is 2.15. The van der Waals surface area contributed by atoms with Gasteiger partial charge in [0.15, 0.2) is 5.60 Å². The van der Waals surface area contributed by atoms with Crippen LogP contribution in [-0.4, -0.2) is 55.8 Å². The molecule has 1 amide bonds. The van der Waals surface area contributed by atoms with Crippen molar-refractivity contribution in [2.75, 3.05) is 13.1 Å². The average molecular weight is 394 g/mol. The second kappa shape index (κ2) is 8.06. The molecule has 9 heteroatoms. The summed E-state index contributed by atoms with van der Waals surface area (Å²) in [7, 11) is 0. The van der Waals surface area contributed by atoms with Crippen molar-refractivity contribution in [3.63, 3.8) is 0 Å². The number of likely N-dealkylation sites (tertiary alicyclic amines) is 1. The van der Waals surface area contributed by atoms with Crippen molar-refractivity contribution in [1.82, 2.24) is 15.0 Å². The zero-order valence-electron chi connectivity index (χ0n) is 14.6. The van der Waals surface area contributed by atoms with Crippen LogP contribution in [0.1, 0.15) is 31.6 Å². The number of carboxylic acids is 1. The zero-order valence-corrected chi connectivity index (χ0v) is 15.4. The molecule has 1 aromatic heterocycles. The third-order valence-corrected chi connectivity index (χ3v) is 4.95. The van der Waals surface area contributed by atoms with Crippen molar-refractivity contribution in [2.24, 2.45) is 0 Å². The fraction of sp³-hybridized carbons (Fsp3) is 0.444. The quantitative estimate of drug-likeness (QED) is 0.772. The molecule has 0 saturated carbocycles. The highest BCUT2D eigenvalue weighted by atomic mass is 35.5. The molecule has 2 N–H and O–H groups in total. The number of aryl methyl sites for hydroxylation is 1. The Morgan fingerprint density at radius 2 is 1.89 bits per heavy atom. The lowest BCUT2D eigenvalue weighted by Gasteiger charge is -2.35. The van der Waals surface area contributed by atoms with Gasteiger partial charge in [0.05, 0.1) is 0 Å². The second-order valence-electron chi connectivity index (χ2n) is 6.59. The number of aliphatic carboxylic acids is 1. The first kappa shape index (κ1) is 19.3. The number of aliphatic hydroxyl groups is 1. The molecule has 144 valence electrons. The van der Waals surface area contributed by atoms with Crippen LogP contribution in [0.2, 0.25) is 5.02 Å². The Bertz CT molecular complexity index is 813. The molecule has 8 nitrogen and oxygen atoms in total. The van der Waals surface area contributed by atoms with Crippen LogP contribution in [0.25, 0.3) is 11.4 Å². The number of benzene rings is 1. The van der Waals surface area contributed by atoms with Crippen LogP contribution >= 0.6 is 11.6 Å². The van der Waals surface area contributed by atoms with Crippen molar-refractivity contribution in [3.8, 4) is 11.4 Å². The minimum atomic E-state index is -1.72. The number of carbonyl (C=O) groups excluding carboxylic acids is 1. The fourth-order valence-corrected chi connectivity index (χ4v) is 3.09. The summed E-state index contributed by atoms with van der Waals surface area (Å²) in [5, 5.41) is 23.5. The van der Waals surface area contributed by atoms with Crippen LogP contribution in [0.3, 0.4) is 0 Å². The van der Waals surface area contributed by atoms with E-state index in [-0.39, 0.29) is 31.8 Å². The molecule has 0 spiro atoms. The lowest BCUT2D eigenvalue weighted by Crippen LogP contribution is -2.50. The van der Waals surface area contributed by atoms with E-state index in [1.54, 1.807) is 29.2 Å². The van der Waals surface area contributed by atoms with E-state index in [4.69, 9.17) is 21.2 Å². The molecule has 1 saturated heterocycles. The lowest BCUT2D eigenvalue weighted by atomic mass is 9.91. The van der Waals surface area contributed by atoms with Gasteiger partial charge in [-0.25, -0.2) is 4.79 Å². The number of halogens is 1. The van der Waals surface area contributed by atoms with E-state index in [0.29, 0.717) is 36.0 Å². The summed E-state index contributed by atoms with van der Waals surface area (Å²) in [5.74, 6) is -0.383. The number of hydrogen-bond donors (Lipinski definition) is 2. The number of hydrogen-bond acceptors (Lipinski definition) is 6. The maximum Gasteiger partial charge on any atom is 0.335 e. The number of rotatable bonds is 6. The Morgan fingerprint density at radius 3 is 2.52 bits per heavy atom. The van der Waals surface area contributed by atoms with E-state index in [0.717, 1.165) is 5.56 Å². The summed E-state index contributed by atoms with van der Waals surface area (Å²) in [4.78, 5) is 29.2. The van der Waals surface area contributed by atoms with Crippen molar-refractivity contribution in [3.05, 3.63) is 35.2 Å². The van der Waals surface area contributed by atoms with Gasteiger partial charge in [0.25, 0.3) is 0 Å². The molecular weight excluding hydrogens is 374 g/mol. The normalized spacial score (nSPS) is 16.3. The van der Waals surface area contributed by atoms with Crippen LogP contribution < -0.4 is 0 Å². The van der Waals surface area contributed by atoms with Crippen LogP contribution in [-0.2, 0) is 16.0 Å². The highest BCUT2D eigenvalue weighted by Crippen LogP contribution is 2.23. The maximum absolute atomic E-state index is 12.2. The number of amides is 1.